The van der Waals surface area contributed by atoms with Gasteiger partial charge in [0.1, 0.15) is 0 Å². The predicted octanol–water partition coefficient (Wildman–Crippen LogP) is 2.26. The summed E-state index contributed by atoms with van der Waals surface area (Å²) >= 11 is 1.44. The highest BCUT2D eigenvalue weighted by Crippen LogP contribution is 2.08. The van der Waals surface area contributed by atoms with E-state index in [1.54, 1.807) is 5.38 Å². The van der Waals surface area contributed by atoms with E-state index in [2.05, 4.69) is 9.72 Å². The van der Waals surface area contributed by atoms with Crippen molar-refractivity contribution in [3.8, 4) is 0 Å². The van der Waals surface area contributed by atoms with Crippen LogP contribution in [0, 0.1) is 6.92 Å². The highest BCUT2D eigenvalue weighted by molar-refractivity contribution is 7.09. The van der Waals surface area contributed by atoms with Crippen molar-refractivity contribution in [3.63, 3.8) is 0 Å². The van der Waals surface area contributed by atoms with Crippen LogP contribution in [-0.4, -0.2) is 18.1 Å². The third kappa shape index (κ3) is 3.00. The summed E-state index contributed by atoms with van der Waals surface area (Å²) in [6, 6.07) is 0. The molecule has 12 heavy (non-hydrogen) atoms. The Morgan fingerprint density at radius 1 is 1.58 bits per heavy atom. The molecule has 68 valence electrons. The van der Waals surface area contributed by atoms with E-state index in [-0.39, 0.29) is 5.97 Å². The van der Waals surface area contributed by atoms with Crippen LogP contribution in [0.25, 0.3) is 0 Å². The Morgan fingerprint density at radius 3 is 2.50 bits per heavy atom. The van der Waals surface area contributed by atoms with Gasteiger partial charge >= 0.3 is 5.97 Å². The number of nitrogens with zero attached hydrogens (tertiary/aromatic N) is 1. The number of carbonyl (C=O) groups is 1. The summed E-state index contributed by atoms with van der Waals surface area (Å²) in [5.41, 5.74) is 0.394. The van der Waals surface area contributed by atoms with Gasteiger partial charge in [0.2, 0.25) is 0 Å². The van der Waals surface area contributed by atoms with E-state index in [1.807, 2.05) is 20.8 Å². The Morgan fingerprint density at radius 2 is 2.17 bits per heavy atom. The molecular formula is C8H13NO2S. The van der Waals surface area contributed by atoms with Crippen LogP contribution in [-0.2, 0) is 4.74 Å². The van der Waals surface area contributed by atoms with Crippen molar-refractivity contribution in [1.82, 2.24) is 4.98 Å². The number of methoxy groups -OCH3 is 1. The number of esters is 1. The van der Waals surface area contributed by atoms with E-state index < -0.39 is 0 Å². The summed E-state index contributed by atoms with van der Waals surface area (Å²) in [4.78, 5) is 14.7. The zero-order valence-electron chi connectivity index (χ0n) is 7.75. The minimum absolute atomic E-state index is 0.371. The van der Waals surface area contributed by atoms with Crippen molar-refractivity contribution in [2.75, 3.05) is 7.11 Å². The molecule has 0 N–H and O–H groups in total. The van der Waals surface area contributed by atoms with Crippen LogP contribution < -0.4 is 0 Å². The fraction of sp³-hybridized carbons (Fsp3) is 0.500. The number of thiazole rings is 1. The van der Waals surface area contributed by atoms with Crippen molar-refractivity contribution < 1.29 is 9.53 Å². The maximum absolute atomic E-state index is 10.7. The van der Waals surface area contributed by atoms with Gasteiger partial charge in [0.05, 0.1) is 12.1 Å². The lowest BCUT2D eigenvalue weighted by molar-refractivity contribution is 0.0595. The molecule has 1 rings (SSSR count). The number of carbonyl (C=O) groups excluding carboxylic acids is 1. The Labute approximate surface area is 76.4 Å². The van der Waals surface area contributed by atoms with Crippen LogP contribution in [0.2, 0.25) is 0 Å². The number of hydrogen-bond donors (Lipinski definition) is 0. The first-order valence-corrected chi connectivity index (χ1v) is 4.62. The van der Waals surface area contributed by atoms with Gasteiger partial charge in [-0.05, 0) is 6.92 Å². The molecule has 0 aliphatic carbocycles. The summed E-state index contributed by atoms with van der Waals surface area (Å²) < 4.78 is 4.45. The number of hydrogen-bond acceptors (Lipinski definition) is 4. The molecule has 0 spiro atoms. The van der Waals surface area contributed by atoms with Gasteiger partial charge in [-0.25, -0.2) is 9.78 Å². The lowest BCUT2D eigenvalue weighted by Crippen LogP contribution is -2.00. The third-order valence-electron chi connectivity index (χ3n) is 1.01. The maximum Gasteiger partial charge on any atom is 0.357 e. The van der Waals surface area contributed by atoms with E-state index in [0.717, 1.165) is 5.01 Å². The normalized spacial score (nSPS) is 8.33. The number of aryl methyl sites for hydroxylation is 1. The van der Waals surface area contributed by atoms with Gasteiger partial charge in [-0.1, -0.05) is 13.8 Å². The molecule has 0 aliphatic heterocycles. The largest absolute Gasteiger partial charge is 0.464 e. The Kier molecular flexibility index (Phi) is 5.28. The van der Waals surface area contributed by atoms with Gasteiger partial charge in [-0.15, -0.1) is 11.3 Å². The van der Waals surface area contributed by atoms with Crippen molar-refractivity contribution in [1.29, 1.82) is 0 Å². The molecule has 4 heteroatoms. The SMILES string of the molecule is CC.COC(=O)c1csc(C)n1. The molecule has 0 atom stereocenters. The monoisotopic (exact) mass is 187 g/mol. The second-order valence-electron chi connectivity index (χ2n) is 1.74. The van der Waals surface area contributed by atoms with Gasteiger partial charge in [0, 0.05) is 5.38 Å². The van der Waals surface area contributed by atoms with Gasteiger partial charge < -0.3 is 4.74 Å². The van der Waals surface area contributed by atoms with Crippen molar-refractivity contribution in [2.45, 2.75) is 20.8 Å². The van der Waals surface area contributed by atoms with Gasteiger partial charge in [-0.2, -0.15) is 0 Å². The van der Waals surface area contributed by atoms with Crippen LogP contribution in [0.5, 0.6) is 0 Å². The standard InChI is InChI=1S/C6H7NO2S.C2H6/c1-4-7-5(3-10-4)6(8)9-2;1-2/h3H,1-2H3;1-2H3. The van der Waals surface area contributed by atoms with Gasteiger partial charge in [0.15, 0.2) is 5.69 Å². The molecule has 0 fully saturated rings. The zero-order valence-corrected chi connectivity index (χ0v) is 8.57. The molecule has 1 heterocycles. The van der Waals surface area contributed by atoms with Gasteiger partial charge in [0.25, 0.3) is 0 Å². The molecule has 0 aliphatic rings. The smallest absolute Gasteiger partial charge is 0.357 e. The number of rotatable bonds is 1. The summed E-state index contributed by atoms with van der Waals surface area (Å²) in [5, 5.41) is 2.56. The molecule has 0 aromatic carbocycles. The lowest BCUT2D eigenvalue weighted by atomic mass is 10.5. The predicted molar refractivity (Wildman–Crippen MR) is 49.5 cm³/mol. The first-order chi connectivity index (χ1) is 5.74. The fourth-order valence-corrected chi connectivity index (χ4v) is 1.14. The molecule has 3 nitrogen and oxygen atoms in total. The van der Waals surface area contributed by atoms with Crippen molar-refractivity contribution in [3.05, 3.63) is 16.1 Å². The second kappa shape index (κ2) is 5.71. The highest BCUT2D eigenvalue weighted by atomic mass is 32.1. The van der Waals surface area contributed by atoms with E-state index in [9.17, 15) is 4.79 Å². The first-order valence-electron chi connectivity index (χ1n) is 3.74. The average Bonchev–Trinajstić information content (AvgIpc) is 2.54. The summed E-state index contributed by atoms with van der Waals surface area (Å²) in [6.07, 6.45) is 0. The molecule has 0 saturated carbocycles. The van der Waals surface area contributed by atoms with Crippen molar-refractivity contribution in [2.24, 2.45) is 0 Å². The van der Waals surface area contributed by atoms with E-state index in [0.29, 0.717) is 5.69 Å². The third-order valence-corrected chi connectivity index (χ3v) is 1.79. The molecule has 0 radical (unpaired) electrons. The molecule has 0 amide bonds. The summed E-state index contributed by atoms with van der Waals surface area (Å²) in [6.45, 7) is 5.84. The quantitative estimate of drug-likeness (QED) is 0.633. The Hall–Kier alpha value is -0.900. The maximum atomic E-state index is 10.7. The van der Waals surface area contributed by atoms with E-state index >= 15 is 0 Å². The molecule has 0 saturated heterocycles. The fourth-order valence-electron chi connectivity index (χ4n) is 0.562. The van der Waals surface area contributed by atoms with Gasteiger partial charge in [-0.3, -0.25) is 0 Å². The molecular weight excluding hydrogens is 174 g/mol. The summed E-state index contributed by atoms with van der Waals surface area (Å²) in [5.74, 6) is -0.371. The molecule has 1 aromatic rings. The van der Waals surface area contributed by atoms with Crippen LogP contribution >= 0.6 is 11.3 Å². The Balaban J connectivity index is 0.000000561. The van der Waals surface area contributed by atoms with Crippen LogP contribution in [0.4, 0.5) is 0 Å². The summed E-state index contributed by atoms with van der Waals surface area (Å²) in [7, 11) is 1.34. The van der Waals surface area contributed by atoms with Crippen molar-refractivity contribution >= 4 is 17.3 Å². The topological polar surface area (TPSA) is 39.2 Å². The molecule has 0 unspecified atom stereocenters. The van der Waals surface area contributed by atoms with Crippen LogP contribution in [0.1, 0.15) is 29.3 Å². The number of ether oxygens (including phenoxy) is 1. The lowest BCUT2D eigenvalue weighted by Gasteiger charge is -1.89. The first kappa shape index (κ1) is 11.1. The van der Waals surface area contributed by atoms with Crippen LogP contribution in [0.3, 0.4) is 0 Å². The number of aromatic nitrogens is 1. The zero-order chi connectivity index (χ0) is 9.56. The minimum atomic E-state index is -0.371. The average molecular weight is 187 g/mol. The van der Waals surface area contributed by atoms with E-state index in [1.165, 1.54) is 18.4 Å². The minimum Gasteiger partial charge on any atom is -0.464 e. The Bertz CT molecular complexity index is 245. The van der Waals surface area contributed by atoms with Crippen LogP contribution in [0.15, 0.2) is 5.38 Å². The highest BCUT2D eigenvalue weighted by Gasteiger charge is 2.07. The second-order valence-corrected chi connectivity index (χ2v) is 2.81. The van der Waals surface area contributed by atoms with E-state index in [4.69, 9.17) is 0 Å². The molecule has 1 aromatic heterocycles. The molecule has 0 bridgehead atoms.